The summed E-state index contributed by atoms with van der Waals surface area (Å²) in [7, 11) is 0. The first-order chi connectivity index (χ1) is 16.4. The highest BCUT2D eigenvalue weighted by Crippen LogP contribution is 2.43. The van der Waals surface area contributed by atoms with Crippen LogP contribution in [-0.4, -0.2) is 49.0 Å². The molecule has 0 amide bonds. The summed E-state index contributed by atoms with van der Waals surface area (Å²) in [6.07, 6.45) is -25.6. The Balaban J connectivity index is -0.00000171. The second-order valence-corrected chi connectivity index (χ2v) is 8.64. The van der Waals surface area contributed by atoms with E-state index in [-0.39, 0.29) is 35.5 Å². The van der Waals surface area contributed by atoms with Gasteiger partial charge >= 0.3 is 36.8 Å². The lowest BCUT2D eigenvalue weighted by atomic mass is 9.89. The fraction of sp³-hybridized carbons (Fsp3) is 0.680. The van der Waals surface area contributed by atoms with Gasteiger partial charge in [0.15, 0.2) is 6.61 Å². The van der Waals surface area contributed by atoms with Gasteiger partial charge in [0, 0.05) is 0 Å². The van der Waals surface area contributed by atoms with Gasteiger partial charge in [0.1, 0.15) is 11.4 Å². The topological polar surface area (TPSA) is 80.3 Å². The van der Waals surface area contributed by atoms with E-state index in [0.29, 0.717) is 5.56 Å². The van der Waals surface area contributed by atoms with E-state index in [0.717, 1.165) is 0 Å². The molecule has 0 aliphatic rings. The Bertz CT molecular complexity index is 929. The largest absolute Gasteiger partial charge is 0.527 e. The van der Waals surface area contributed by atoms with Crippen molar-refractivity contribution in [2.45, 2.75) is 101 Å². The van der Waals surface area contributed by atoms with Gasteiger partial charge in [-0.2, -0.15) is 26.3 Å². The number of carbonyl (C=O) groups excluding carboxylic acids is 2. The first kappa shape index (κ1) is 45.2. The summed E-state index contributed by atoms with van der Waals surface area (Å²) in [5, 5.41) is 0. The molecule has 2 atom stereocenters. The molecule has 0 N–H and O–H groups in total. The molecule has 41 heavy (non-hydrogen) atoms. The number of rotatable bonds is 10. The summed E-state index contributed by atoms with van der Waals surface area (Å²) >= 11 is 0. The fourth-order valence-electron chi connectivity index (χ4n) is 2.47. The lowest BCUT2D eigenvalue weighted by Crippen LogP contribution is -2.52. The smallest absolute Gasteiger partial charge is 0.456 e. The predicted molar refractivity (Wildman–Crippen MR) is 132 cm³/mol. The molecule has 0 heterocycles. The number of halogens is 9. The molecule has 0 aliphatic heterocycles. The van der Waals surface area contributed by atoms with Gasteiger partial charge in [-0.1, -0.05) is 55.7 Å². The molecule has 0 radical (unpaired) electrons. The highest BCUT2D eigenvalue weighted by molar-refractivity contribution is 5.73. The van der Waals surface area contributed by atoms with Crippen LogP contribution in [0.15, 0.2) is 24.3 Å². The number of ether oxygens (including phenoxy) is 5. The Morgan fingerprint density at radius 1 is 0.756 bits per heavy atom. The molecule has 0 aliphatic carbocycles. The summed E-state index contributed by atoms with van der Waals surface area (Å²) < 4.78 is 133. The Kier molecular flexibility index (Phi) is 17.7. The van der Waals surface area contributed by atoms with Gasteiger partial charge in [0.2, 0.25) is 0 Å². The van der Waals surface area contributed by atoms with Crippen LogP contribution in [0.3, 0.4) is 0 Å². The Labute approximate surface area is 234 Å². The Hall–Kier alpha value is -2.75. The molecule has 7 nitrogen and oxygen atoms in total. The number of alkyl halides is 9. The third kappa shape index (κ3) is 15.2. The van der Waals surface area contributed by atoms with E-state index >= 15 is 0 Å². The molecule has 1 aromatic rings. The van der Waals surface area contributed by atoms with Crippen molar-refractivity contribution in [1.29, 1.82) is 0 Å². The van der Waals surface area contributed by atoms with Crippen molar-refractivity contribution in [1.82, 2.24) is 0 Å². The van der Waals surface area contributed by atoms with Crippen LogP contribution in [0.1, 0.15) is 75.8 Å². The third-order valence-electron chi connectivity index (χ3n) is 4.36. The maximum absolute atomic E-state index is 13.6. The minimum atomic E-state index is -6.51. The SMILES string of the molecule is C.C.C.C.CC(C(=O)OCC(F)(F)OC(F)(F)C(F)(F)OC(F)(F)F)C(C)c1ccc(OC(=O)OC(C)(C)C)cc1. The van der Waals surface area contributed by atoms with E-state index < -0.39 is 60.9 Å². The van der Waals surface area contributed by atoms with Gasteiger partial charge in [-0.15, -0.1) is 13.2 Å². The van der Waals surface area contributed by atoms with E-state index in [1.807, 2.05) is 4.74 Å². The van der Waals surface area contributed by atoms with E-state index in [2.05, 4.69) is 9.47 Å². The number of carbonyl (C=O) groups is 2. The molecule has 0 spiro atoms. The van der Waals surface area contributed by atoms with Crippen molar-refractivity contribution in [2.75, 3.05) is 6.61 Å². The summed E-state index contributed by atoms with van der Waals surface area (Å²) in [6, 6.07) is 5.49. The number of hydrogen-bond donors (Lipinski definition) is 0. The molecule has 16 heteroatoms. The molecule has 0 saturated carbocycles. The number of hydrogen-bond acceptors (Lipinski definition) is 7. The van der Waals surface area contributed by atoms with Crippen molar-refractivity contribution in [3.8, 4) is 5.75 Å². The highest BCUT2D eigenvalue weighted by Gasteiger charge is 2.68. The van der Waals surface area contributed by atoms with E-state index in [4.69, 9.17) is 9.47 Å². The van der Waals surface area contributed by atoms with Gasteiger partial charge in [-0.05, 0) is 44.4 Å². The second kappa shape index (κ2) is 16.0. The van der Waals surface area contributed by atoms with Gasteiger partial charge in [0.05, 0.1) is 5.92 Å². The first-order valence-electron chi connectivity index (χ1n) is 10.2. The van der Waals surface area contributed by atoms with Gasteiger partial charge in [-0.3, -0.25) is 4.79 Å². The third-order valence-corrected chi connectivity index (χ3v) is 4.36. The van der Waals surface area contributed by atoms with Gasteiger partial charge in [0.25, 0.3) is 0 Å². The molecule has 244 valence electrons. The van der Waals surface area contributed by atoms with Crippen molar-refractivity contribution in [2.24, 2.45) is 5.92 Å². The number of esters is 1. The van der Waals surface area contributed by atoms with Crippen LogP contribution < -0.4 is 4.74 Å². The van der Waals surface area contributed by atoms with Crippen molar-refractivity contribution in [3.63, 3.8) is 0 Å². The molecular weight excluding hydrogens is 583 g/mol. The maximum atomic E-state index is 13.6. The average Bonchev–Trinajstić information content (AvgIpc) is 2.67. The lowest BCUT2D eigenvalue weighted by molar-refractivity contribution is -0.530. The fourth-order valence-corrected chi connectivity index (χ4v) is 2.47. The van der Waals surface area contributed by atoms with Crippen LogP contribution >= 0.6 is 0 Å². The van der Waals surface area contributed by atoms with E-state index in [9.17, 15) is 49.1 Å². The maximum Gasteiger partial charge on any atom is 0.527 e. The second-order valence-electron chi connectivity index (χ2n) is 8.64. The molecule has 0 bridgehead atoms. The molecule has 1 aromatic carbocycles. The monoisotopic (exact) mass is 622 g/mol. The van der Waals surface area contributed by atoms with Gasteiger partial charge < -0.3 is 14.2 Å². The van der Waals surface area contributed by atoms with E-state index in [1.165, 1.54) is 38.1 Å². The Morgan fingerprint density at radius 3 is 1.61 bits per heavy atom. The predicted octanol–water partition coefficient (Wildman–Crippen LogP) is 9.16. The molecule has 0 saturated heterocycles. The lowest BCUT2D eigenvalue weighted by Gasteiger charge is -2.29. The van der Waals surface area contributed by atoms with Crippen molar-refractivity contribution >= 4 is 12.1 Å². The zero-order valence-electron chi connectivity index (χ0n) is 19.9. The summed E-state index contributed by atoms with van der Waals surface area (Å²) in [4.78, 5) is 23.8. The first-order valence-corrected chi connectivity index (χ1v) is 10.2. The number of benzene rings is 1. The molecule has 1 rings (SSSR count). The van der Waals surface area contributed by atoms with Crippen LogP contribution in [-0.2, 0) is 23.7 Å². The standard InChI is InChI=1S/C21H23F9O7.4CH4/c1-11(13-6-8-14(9-7-13)34-16(32)35-17(3,4)5)12(2)15(31)33-10-18(22,23)36-19(24,25)20(26,27)37-21(28,29)30;;;;/h6-9,11-12H,10H2,1-5H3;4*1H4. The van der Waals surface area contributed by atoms with Crippen LogP contribution in [0.4, 0.5) is 44.3 Å². The molecule has 2 unspecified atom stereocenters. The zero-order chi connectivity index (χ0) is 29.0. The normalized spacial score (nSPS) is 13.6. The van der Waals surface area contributed by atoms with Crippen LogP contribution in [0, 0.1) is 5.92 Å². The molecule has 0 fully saturated rings. The highest BCUT2D eigenvalue weighted by atomic mass is 19.4. The summed E-state index contributed by atoms with van der Waals surface area (Å²) in [5.41, 5.74) is -0.393. The minimum Gasteiger partial charge on any atom is -0.456 e. The van der Waals surface area contributed by atoms with E-state index in [1.54, 1.807) is 20.8 Å². The Morgan fingerprint density at radius 2 is 1.20 bits per heavy atom. The van der Waals surface area contributed by atoms with Crippen molar-refractivity contribution in [3.05, 3.63) is 29.8 Å². The van der Waals surface area contributed by atoms with Crippen molar-refractivity contribution < 1.29 is 72.8 Å². The minimum absolute atomic E-state index is 0. The van der Waals surface area contributed by atoms with Crippen LogP contribution in [0.2, 0.25) is 0 Å². The molecular formula is C25H39F9O7. The van der Waals surface area contributed by atoms with Crippen LogP contribution in [0.5, 0.6) is 5.75 Å². The zero-order valence-corrected chi connectivity index (χ0v) is 19.9. The van der Waals surface area contributed by atoms with Gasteiger partial charge in [-0.25, -0.2) is 14.3 Å². The molecule has 0 aromatic heterocycles. The quantitative estimate of drug-likeness (QED) is 0.146. The summed E-state index contributed by atoms with van der Waals surface area (Å²) in [5.74, 6) is -3.27. The van der Waals surface area contributed by atoms with Crippen LogP contribution in [0.25, 0.3) is 0 Å². The summed E-state index contributed by atoms with van der Waals surface area (Å²) in [6.45, 7) is 5.19. The average molecular weight is 623 g/mol.